The van der Waals surface area contributed by atoms with Crippen molar-refractivity contribution < 1.29 is 4.79 Å². The second-order valence-electron chi connectivity index (χ2n) is 7.13. The Morgan fingerprint density at radius 1 is 0.964 bits per heavy atom. The molecule has 2 aromatic carbocycles. The highest BCUT2D eigenvalue weighted by atomic mass is 16.1. The summed E-state index contributed by atoms with van der Waals surface area (Å²) in [5, 5.41) is 3.00. The number of carbonyl (C=O) groups excluding carboxylic acids is 1. The maximum Gasteiger partial charge on any atom is 0.252 e. The van der Waals surface area contributed by atoms with Gasteiger partial charge in [-0.15, -0.1) is 0 Å². The molecule has 0 radical (unpaired) electrons. The standard InChI is InChI=1S/C24H27N3O/c1-19(2)27(18-21-11-7-4-8-12-21)23-15-22(16-25-17-23)24(28)26-14-13-20-9-5-3-6-10-20/h3-12,15-17,19H,13-14,18H2,1-2H3,(H,26,28). The lowest BCUT2D eigenvalue weighted by Crippen LogP contribution is -2.31. The Morgan fingerprint density at radius 3 is 2.25 bits per heavy atom. The zero-order valence-electron chi connectivity index (χ0n) is 16.5. The number of aromatic nitrogens is 1. The maximum absolute atomic E-state index is 12.6. The molecule has 0 saturated carbocycles. The molecule has 0 aliphatic rings. The molecule has 3 rings (SSSR count). The van der Waals surface area contributed by atoms with E-state index in [1.165, 1.54) is 11.1 Å². The number of benzene rings is 2. The lowest BCUT2D eigenvalue weighted by atomic mass is 10.1. The lowest BCUT2D eigenvalue weighted by molar-refractivity contribution is 0.0954. The van der Waals surface area contributed by atoms with E-state index in [0.29, 0.717) is 18.2 Å². The third-order valence-electron chi connectivity index (χ3n) is 4.68. The van der Waals surface area contributed by atoms with Gasteiger partial charge in [-0.05, 0) is 37.5 Å². The van der Waals surface area contributed by atoms with Crippen molar-refractivity contribution in [3.63, 3.8) is 0 Å². The van der Waals surface area contributed by atoms with E-state index in [-0.39, 0.29) is 5.91 Å². The molecule has 0 saturated heterocycles. The molecule has 4 nitrogen and oxygen atoms in total. The summed E-state index contributed by atoms with van der Waals surface area (Å²) in [6.07, 6.45) is 4.26. The van der Waals surface area contributed by atoms with Crippen LogP contribution in [-0.2, 0) is 13.0 Å². The van der Waals surface area contributed by atoms with Crippen LogP contribution in [0.4, 0.5) is 5.69 Å². The second kappa shape index (κ2) is 9.70. The van der Waals surface area contributed by atoms with Crippen LogP contribution in [0.5, 0.6) is 0 Å². The molecular formula is C24H27N3O. The van der Waals surface area contributed by atoms with Crippen LogP contribution in [0.2, 0.25) is 0 Å². The summed E-state index contributed by atoms with van der Waals surface area (Å²) in [5.41, 5.74) is 3.98. The van der Waals surface area contributed by atoms with Gasteiger partial charge in [0.05, 0.1) is 17.4 Å². The highest BCUT2D eigenvalue weighted by molar-refractivity contribution is 5.94. The lowest BCUT2D eigenvalue weighted by Gasteiger charge is -2.29. The van der Waals surface area contributed by atoms with Gasteiger partial charge in [-0.1, -0.05) is 60.7 Å². The van der Waals surface area contributed by atoms with Crippen LogP contribution < -0.4 is 10.2 Å². The molecular weight excluding hydrogens is 346 g/mol. The number of hydrogen-bond acceptors (Lipinski definition) is 3. The van der Waals surface area contributed by atoms with Crippen molar-refractivity contribution in [2.45, 2.75) is 32.9 Å². The van der Waals surface area contributed by atoms with Crippen LogP contribution in [0.1, 0.15) is 35.3 Å². The average Bonchev–Trinajstić information content (AvgIpc) is 2.73. The first-order chi connectivity index (χ1) is 13.6. The topological polar surface area (TPSA) is 45.2 Å². The third kappa shape index (κ3) is 5.43. The maximum atomic E-state index is 12.6. The third-order valence-corrected chi connectivity index (χ3v) is 4.68. The Hall–Kier alpha value is -3.14. The minimum absolute atomic E-state index is 0.0892. The predicted molar refractivity (Wildman–Crippen MR) is 114 cm³/mol. The highest BCUT2D eigenvalue weighted by Gasteiger charge is 2.14. The SMILES string of the molecule is CC(C)N(Cc1ccccc1)c1cncc(C(=O)NCCc2ccccc2)c1. The predicted octanol–water partition coefficient (Wildman–Crippen LogP) is 4.47. The molecule has 0 unspecified atom stereocenters. The van der Waals surface area contributed by atoms with Crippen molar-refractivity contribution in [1.82, 2.24) is 10.3 Å². The molecule has 28 heavy (non-hydrogen) atoms. The zero-order valence-corrected chi connectivity index (χ0v) is 16.5. The Labute approximate surface area is 167 Å². The highest BCUT2D eigenvalue weighted by Crippen LogP contribution is 2.20. The van der Waals surface area contributed by atoms with Crippen molar-refractivity contribution >= 4 is 11.6 Å². The van der Waals surface area contributed by atoms with Gasteiger partial charge >= 0.3 is 0 Å². The van der Waals surface area contributed by atoms with Crippen LogP contribution in [0.25, 0.3) is 0 Å². The van der Waals surface area contributed by atoms with Crippen molar-refractivity contribution in [1.29, 1.82) is 0 Å². The first-order valence-corrected chi connectivity index (χ1v) is 9.71. The molecule has 1 amide bonds. The molecule has 144 valence electrons. The molecule has 0 aliphatic heterocycles. The zero-order chi connectivity index (χ0) is 19.8. The fourth-order valence-corrected chi connectivity index (χ4v) is 3.13. The summed E-state index contributed by atoms with van der Waals surface area (Å²) in [5.74, 6) is -0.0892. The quantitative estimate of drug-likeness (QED) is 0.634. The van der Waals surface area contributed by atoms with Gasteiger partial charge in [0.25, 0.3) is 5.91 Å². The van der Waals surface area contributed by atoms with Crippen molar-refractivity contribution in [2.75, 3.05) is 11.4 Å². The van der Waals surface area contributed by atoms with E-state index in [0.717, 1.165) is 18.7 Å². The number of nitrogens with zero attached hydrogens (tertiary/aromatic N) is 2. The first kappa shape index (κ1) is 19.6. The van der Waals surface area contributed by atoms with E-state index in [1.54, 1.807) is 6.20 Å². The van der Waals surface area contributed by atoms with Gasteiger partial charge in [0.1, 0.15) is 0 Å². The summed E-state index contributed by atoms with van der Waals surface area (Å²) in [6.45, 7) is 5.68. The molecule has 1 N–H and O–H groups in total. The van der Waals surface area contributed by atoms with Crippen molar-refractivity contribution in [3.05, 3.63) is 95.8 Å². The number of nitrogens with one attached hydrogen (secondary N) is 1. The molecule has 0 fully saturated rings. The summed E-state index contributed by atoms with van der Waals surface area (Å²) >= 11 is 0. The summed E-state index contributed by atoms with van der Waals surface area (Å²) in [7, 11) is 0. The average molecular weight is 374 g/mol. The van der Waals surface area contributed by atoms with Gasteiger partial charge in [-0.25, -0.2) is 0 Å². The molecule has 0 bridgehead atoms. The number of pyridine rings is 1. The largest absolute Gasteiger partial charge is 0.364 e. The van der Waals surface area contributed by atoms with Crippen LogP contribution in [0.15, 0.2) is 79.1 Å². The number of hydrogen-bond donors (Lipinski definition) is 1. The van der Waals surface area contributed by atoms with Gasteiger partial charge in [0, 0.05) is 25.3 Å². The number of rotatable bonds is 8. The molecule has 4 heteroatoms. The fourth-order valence-electron chi connectivity index (χ4n) is 3.13. The Kier molecular flexibility index (Phi) is 6.79. The molecule has 1 heterocycles. The van der Waals surface area contributed by atoms with Gasteiger partial charge < -0.3 is 10.2 Å². The Morgan fingerprint density at radius 2 is 1.61 bits per heavy atom. The van der Waals surface area contributed by atoms with Crippen LogP contribution in [0.3, 0.4) is 0 Å². The molecule has 3 aromatic rings. The van der Waals surface area contributed by atoms with Crippen molar-refractivity contribution in [2.24, 2.45) is 0 Å². The van der Waals surface area contributed by atoms with E-state index in [1.807, 2.05) is 48.7 Å². The molecule has 0 spiro atoms. The van der Waals surface area contributed by atoms with E-state index in [2.05, 4.69) is 53.3 Å². The number of amides is 1. The minimum Gasteiger partial charge on any atom is -0.364 e. The smallest absolute Gasteiger partial charge is 0.252 e. The van der Waals surface area contributed by atoms with E-state index >= 15 is 0 Å². The van der Waals surface area contributed by atoms with Crippen molar-refractivity contribution in [3.8, 4) is 0 Å². The fraction of sp³-hybridized carbons (Fsp3) is 0.250. The summed E-state index contributed by atoms with van der Waals surface area (Å²) < 4.78 is 0. The Balaban J connectivity index is 1.66. The van der Waals surface area contributed by atoms with Crippen LogP contribution in [0, 0.1) is 0 Å². The van der Waals surface area contributed by atoms with Gasteiger partial charge in [0.15, 0.2) is 0 Å². The Bertz CT molecular complexity index is 879. The van der Waals surface area contributed by atoms with Gasteiger partial charge in [-0.2, -0.15) is 0 Å². The molecule has 1 aromatic heterocycles. The van der Waals surface area contributed by atoms with E-state index < -0.39 is 0 Å². The first-order valence-electron chi connectivity index (χ1n) is 9.71. The van der Waals surface area contributed by atoms with Gasteiger partial charge in [-0.3, -0.25) is 9.78 Å². The molecule has 0 aliphatic carbocycles. The van der Waals surface area contributed by atoms with E-state index in [9.17, 15) is 4.79 Å². The number of carbonyl (C=O) groups is 1. The van der Waals surface area contributed by atoms with Crippen LogP contribution in [-0.4, -0.2) is 23.5 Å². The molecule has 0 atom stereocenters. The number of anilines is 1. The normalized spacial score (nSPS) is 10.7. The second-order valence-corrected chi connectivity index (χ2v) is 7.13. The van der Waals surface area contributed by atoms with Gasteiger partial charge in [0.2, 0.25) is 0 Å². The summed E-state index contributed by atoms with van der Waals surface area (Å²) in [4.78, 5) is 19.1. The minimum atomic E-state index is -0.0892. The van der Waals surface area contributed by atoms with Crippen LogP contribution >= 0.6 is 0 Å². The monoisotopic (exact) mass is 373 g/mol. The van der Waals surface area contributed by atoms with E-state index in [4.69, 9.17) is 0 Å². The summed E-state index contributed by atoms with van der Waals surface area (Å²) in [6, 6.07) is 22.7.